The van der Waals surface area contributed by atoms with Crippen LogP contribution in [0.1, 0.15) is 33.3 Å². The van der Waals surface area contributed by atoms with Crippen LogP contribution in [0, 0.1) is 5.41 Å². The van der Waals surface area contributed by atoms with E-state index >= 15 is 0 Å². The van der Waals surface area contributed by atoms with Crippen molar-refractivity contribution in [3.63, 3.8) is 0 Å². The molecule has 0 saturated heterocycles. The van der Waals surface area contributed by atoms with E-state index in [9.17, 15) is 19.5 Å². The minimum atomic E-state index is -1.11. The van der Waals surface area contributed by atoms with Gasteiger partial charge in [-0.05, 0) is 12.5 Å². The highest BCUT2D eigenvalue weighted by Crippen LogP contribution is 2.15. The van der Waals surface area contributed by atoms with E-state index in [4.69, 9.17) is 0 Å². The summed E-state index contributed by atoms with van der Waals surface area (Å²) >= 11 is 0. The van der Waals surface area contributed by atoms with E-state index in [1.165, 1.54) is 4.90 Å². The molecule has 6 nitrogen and oxygen atoms in total. The second kappa shape index (κ2) is 8.47. The van der Waals surface area contributed by atoms with Crippen molar-refractivity contribution in [3.05, 3.63) is 35.9 Å². The molecule has 0 aliphatic heterocycles. The minimum absolute atomic E-state index is 0.0382. The van der Waals surface area contributed by atoms with Crippen LogP contribution in [-0.2, 0) is 16.0 Å². The predicted molar refractivity (Wildman–Crippen MR) is 91.8 cm³/mol. The Bertz CT molecular complexity index is 578. The molecular weight excluding hydrogens is 308 g/mol. The molecule has 1 unspecified atom stereocenters. The van der Waals surface area contributed by atoms with Gasteiger partial charge in [-0.1, -0.05) is 51.1 Å². The molecule has 1 rings (SSSR count). The molecule has 1 aromatic rings. The van der Waals surface area contributed by atoms with E-state index < -0.39 is 23.5 Å². The molecule has 0 radical (unpaired) electrons. The number of urea groups is 1. The van der Waals surface area contributed by atoms with Crippen LogP contribution in [-0.4, -0.2) is 46.9 Å². The number of amides is 2. The lowest BCUT2D eigenvalue weighted by Gasteiger charge is -2.26. The second-order valence-corrected chi connectivity index (χ2v) is 6.72. The van der Waals surface area contributed by atoms with Crippen LogP contribution in [0.2, 0.25) is 0 Å². The third-order valence-electron chi connectivity index (χ3n) is 3.72. The molecule has 0 fully saturated rings. The summed E-state index contributed by atoms with van der Waals surface area (Å²) in [6, 6.07) is 7.50. The largest absolute Gasteiger partial charge is 0.480 e. The van der Waals surface area contributed by atoms with Crippen LogP contribution in [0.25, 0.3) is 0 Å². The average Bonchev–Trinajstić information content (AvgIpc) is 2.51. The number of carboxylic acids is 1. The number of likely N-dealkylation sites (N-methyl/N-ethyl adjacent to an activating group) is 1. The van der Waals surface area contributed by atoms with Crippen molar-refractivity contribution in [2.75, 3.05) is 13.1 Å². The number of ketones is 1. The van der Waals surface area contributed by atoms with Crippen LogP contribution in [0.15, 0.2) is 30.3 Å². The fraction of sp³-hybridized carbons (Fsp3) is 0.500. The monoisotopic (exact) mass is 334 g/mol. The number of hydrogen-bond acceptors (Lipinski definition) is 3. The molecule has 0 spiro atoms. The van der Waals surface area contributed by atoms with Crippen molar-refractivity contribution in [2.24, 2.45) is 5.41 Å². The molecule has 0 aliphatic carbocycles. The molecular formula is C18H26N2O4. The number of nitrogens with one attached hydrogen (secondary N) is 1. The molecule has 132 valence electrons. The molecule has 0 bridgehead atoms. The molecule has 0 aliphatic rings. The third kappa shape index (κ3) is 6.02. The van der Waals surface area contributed by atoms with Gasteiger partial charge in [-0.15, -0.1) is 0 Å². The molecule has 24 heavy (non-hydrogen) atoms. The maximum atomic E-state index is 12.3. The number of carboxylic acid groups (broad SMARTS) is 1. The summed E-state index contributed by atoms with van der Waals surface area (Å²) in [6.45, 7) is 7.40. The van der Waals surface area contributed by atoms with Crippen molar-refractivity contribution >= 4 is 17.8 Å². The zero-order chi connectivity index (χ0) is 18.3. The topological polar surface area (TPSA) is 86.7 Å². The first-order valence-electron chi connectivity index (χ1n) is 8.00. The van der Waals surface area contributed by atoms with Crippen molar-refractivity contribution in [1.29, 1.82) is 0 Å². The maximum Gasteiger partial charge on any atom is 0.326 e. The highest BCUT2D eigenvalue weighted by molar-refractivity contribution is 5.90. The van der Waals surface area contributed by atoms with E-state index in [-0.39, 0.29) is 18.7 Å². The van der Waals surface area contributed by atoms with E-state index in [1.54, 1.807) is 27.7 Å². The van der Waals surface area contributed by atoms with Gasteiger partial charge in [0.05, 0.1) is 6.54 Å². The first-order chi connectivity index (χ1) is 11.1. The number of hydrogen-bond donors (Lipinski definition) is 2. The van der Waals surface area contributed by atoms with Crippen LogP contribution in [0.4, 0.5) is 4.79 Å². The van der Waals surface area contributed by atoms with Gasteiger partial charge < -0.3 is 15.3 Å². The lowest BCUT2D eigenvalue weighted by atomic mass is 9.90. The number of benzene rings is 1. The van der Waals surface area contributed by atoms with Gasteiger partial charge in [0.1, 0.15) is 6.04 Å². The van der Waals surface area contributed by atoms with Crippen molar-refractivity contribution in [2.45, 2.75) is 40.2 Å². The predicted octanol–water partition coefficient (Wildman–Crippen LogP) is 2.33. The standard InChI is InChI=1S/C18H26N2O4/c1-5-20(12-15(21)18(2,3)4)17(24)19-14(16(22)23)11-13-9-7-6-8-10-13/h6-10,14H,5,11-12H2,1-4H3,(H,19,24)(H,22,23). The number of carbonyl (C=O) groups excluding carboxylic acids is 2. The van der Waals surface area contributed by atoms with Crippen LogP contribution in [0.5, 0.6) is 0 Å². The van der Waals surface area contributed by atoms with Gasteiger partial charge in [-0.3, -0.25) is 4.79 Å². The summed E-state index contributed by atoms with van der Waals surface area (Å²) in [5.41, 5.74) is 0.267. The van der Waals surface area contributed by atoms with Crippen LogP contribution >= 0.6 is 0 Å². The number of aliphatic carboxylic acids is 1. The minimum Gasteiger partial charge on any atom is -0.480 e. The smallest absolute Gasteiger partial charge is 0.326 e. The second-order valence-electron chi connectivity index (χ2n) is 6.72. The van der Waals surface area contributed by atoms with Gasteiger partial charge >= 0.3 is 12.0 Å². The summed E-state index contributed by atoms with van der Waals surface area (Å²) < 4.78 is 0. The van der Waals surface area contributed by atoms with E-state index in [0.717, 1.165) is 5.56 Å². The zero-order valence-corrected chi connectivity index (χ0v) is 14.7. The molecule has 0 saturated carbocycles. The Morgan fingerprint density at radius 3 is 2.21 bits per heavy atom. The Morgan fingerprint density at radius 1 is 1.17 bits per heavy atom. The highest BCUT2D eigenvalue weighted by atomic mass is 16.4. The SMILES string of the molecule is CCN(CC(=O)C(C)(C)C)C(=O)NC(Cc1ccccc1)C(=O)O. The number of nitrogens with zero attached hydrogens (tertiary/aromatic N) is 1. The van der Waals surface area contributed by atoms with Gasteiger partial charge in [0, 0.05) is 18.4 Å². The van der Waals surface area contributed by atoms with E-state index in [1.807, 2.05) is 30.3 Å². The first-order valence-corrected chi connectivity index (χ1v) is 8.00. The fourth-order valence-corrected chi connectivity index (χ4v) is 2.03. The number of Topliss-reactive ketones (excluding diaryl/α,β-unsaturated/α-hetero) is 1. The Labute approximate surface area is 142 Å². The van der Waals surface area contributed by atoms with Crippen molar-refractivity contribution in [1.82, 2.24) is 10.2 Å². The Hall–Kier alpha value is -2.37. The summed E-state index contributed by atoms with van der Waals surface area (Å²) in [4.78, 5) is 37.2. The number of carbonyl (C=O) groups is 3. The van der Waals surface area contributed by atoms with Gasteiger partial charge in [-0.2, -0.15) is 0 Å². The van der Waals surface area contributed by atoms with Gasteiger partial charge in [-0.25, -0.2) is 9.59 Å². The zero-order valence-electron chi connectivity index (χ0n) is 14.7. The van der Waals surface area contributed by atoms with E-state index in [0.29, 0.717) is 6.54 Å². The fourth-order valence-electron chi connectivity index (χ4n) is 2.03. The normalized spacial score (nSPS) is 12.3. The average molecular weight is 334 g/mol. The van der Waals surface area contributed by atoms with Gasteiger partial charge in [0.2, 0.25) is 0 Å². The Kier molecular flexibility index (Phi) is 6.95. The molecule has 0 heterocycles. The van der Waals surface area contributed by atoms with Gasteiger partial charge in [0.25, 0.3) is 0 Å². The Morgan fingerprint density at radius 2 is 1.75 bits per heavy atom. The lowest BCUT2D eigenvalue weighted by Crippen LogP contribution is -2.51. The summed E-state index contributed by atoms with van der Waals surface area (Å²) in [7, 11) is 0. The molecule has 2 N–H and O–H groups in total. The molecule has 2 amide bonds. The van der Waals surface area contributed by atoms with Crippen LogP contribution < -0.4 is 5.32 Å². The molecule has 6 heteroatoms. The van der Waals surface area contributed by atoms with Crippen molar-refractivity contribution < 1.29 is 19.5 Å². The maximum absolute atomic E-state index is 12.3. The number of rotatable bonds is 7. The van der Waals surface area contributed by atoms with Gasteiger partial charge in [0.15, 0.2) is 5.78 Å². The lowest BCUT2D eigenvalue weighted by molar-refractivity contribution is -0.139. The third-order valence-corrected chi connectivity index (χ3v) is 3.72. The summed E-state index contributed by atoms with van der Waals surface area (Å²) in [5.74, 6) is -1.18. The first kappa shape index (κ1) is 19.7. The quantitative estimate of drug-likeness (QED) is 0.801. The highest BCUT2D eigenvalue weighted by Gasteiger charge is 2.27. The molecule has 0 aromatic heterocycles. The van der Waals surface area contributed by atoms with Crippen molar-refractivity contribution in [3.8, 4) is 0 Å². The summed E-state index contributed by atoms with van der Waals surface area (Å²) in [6.07, 6.45) is 0.187. The molecule has 1 atom stereocenters. The van der Waals surface area contributed by atoms with E-state index in [2.05, 4.69) is 5.32 Å². The Balaban J connectivity index is 2.76. The van der Waals surface area contributed by atoms with Crippen LogP contribution in [0.3, 0.4) is 0 Å². The summed E-state index contributed by atoms with van der Waals surface area (Å²) in [5, 5.41) is 11.9. The molecule has 1 aromatic carbocycles.